The normalized spacial score (nSPS) is 14.5. The molecular weight excluding hydrogens is 343 g/mol. The van der Waals surface area contributed by atoms with Gasteiger partial charge >= 0.3 is 0 Å². The fraction of sp³-hybridized carbons (Fsp3) is 0.316. The van der Waals surface area contributed by atoms with Gasteiger partial charge in [-0.2, -0.15) is 0 Å². The smallest absolute Gasteiger partial charge is 0.260 e. The minimum absolute atomic E-state index is 0.0527. The highest BCUT2D eigenvalue weighted by molar-refractivity contribution is 6.32. The highest BCUT2D eigenvalue weighted by atomic mass is 35.5. The van der Waals surface area contributed by atoms with Crippen molar-refractivity contribution >= 4 is 23.2 Å². The molecule has 0 radical (unpaired) electrons. The number of nitrogens with zero attached hydrogens (tertiary/aromatic N) is 2. The van der Waals surface area contributed by atoms with Crippen LogP contribution in [0.1, 0.15) is 5.56 Å². The van der Waals surface area contributed by atoms with Crippen LogP contribution in [0.4, 0.5) is 10.1 Å². The Balaban J connectivity index is 1.53. The summed E-state index contributed by atoms with van der Waals surface area (Å²) in [6, 6.07) is 12.2. The third kappa shape index (κ3) is 4.23. The predicted molar refractivity (Wildman–Crippen MR) is 96.9 cm³/mol. The second-order valence-electron chi connectivity index (χ2n) is 6.04. The lowest BCUT2D eigenvalue weighted by Gasteiger charge is -2.36. The summed E-state index contributed by atoms with van der Waals surface area (Å²) < 4.78 is 19.4. The maximum Gasteiger partial charge on any atom is 0.260 e. The van der Waals surface area contributed by atoms with E-state index in [0.29, 0.717) is 42.6 Å². The van der Waals surface area contributed by atoms with Gasteiger partial charge < -0.3 is 14.5 Å². The van der Waals surface area contributed by atoms with E-state index in [-0.39, 0.29) is 18.3 Å². The van der Waals surface area contributed by atoms with E-state index in [1.807, 2.05) is 30.0 Å². The molecule has 6 heteroatoms. The first kappa shape index (κ1) is 17.5. The van der Waals surface area contributed by atoms with E-state index < -0.39 is 0 Å². The Kier molecular flexibility index (Phi) is 5.43. The van der Waals surface area contributed by atoms with Crippen LogP contribution in [0.25, 0.3) is 0 Å². The Labute approximate surface area is 151 Å². The van der Waals surface area contributed by atoms with Crippen molar-refractivity contribution in [3.05, 3.63) is 58.9 Å². The molecule has 0 atom stereocenters. The molecule has 1 heterocycles. The Morgan fingerprint density at radius 1 is 1.16 bits per heavy atom. The quantitative estimate of drug-likeness (QED) is 0.834. The van der Waals surface area contributed by atoms with Crippen molar-refractivity contribution in [2.45, 2.75) is 6.92 Å². The molecule has 2 aromatic rings. The number of hydrogen-bond acceptors (Lipinski definition) is 3. The van der Waals surface area contributed by atoms with Crippen molar-refractivity contribution in [1.82, 2.24) is 4.90 Å². The molecule has 132 valence electrons. The zero-order chi connectivity index (χ0) is 17.8. The predicted octanol–water partition coefficient (Wildman–Crippen LogP) is 3.52. The number of ether oxygens (including phenoxy) is 1. The van der Waals surface area contributed by atoms with Gasteiger partial charge in [-0.1, -0.05) is 29.8 Å². The number of carbonyl (C=O) groups is 1. The van der Waals surface area contributed by atoms with Crippen molar-refractivity contribution in [1.29, 1.82) is 0 Å². The van der Waals surface area contributed by atoms with E-state index in [0.717, 1.165) is 5.56 Å². The molecule has 4 nitrogen and oxygen atoms in total. The van der Waals surface area contributed by atoms with Gasteiger partial charge in [-0.15, -0.1) is 0 Å². The minimum atomic E-state index is -0.236. The van der Waals surface area contributed by atoms with Gasteiger partial charge in [0, 0.05) is 26.2 Å². The third-order valence-corrected chi connectivity index (χ3v) is 4.58. The fourth-order valence-corrected chi connectivity index (χ4v) is 3.03. The van der Waals surface area contributed by atoms with E-state index >= 15 is 0 Å². The van der Waals surface area contributed by atoms with Crippen LogP contribution >= 0.6 is 11.6 Å². The molecular formula is C19H20ClFN2O2. The maximum absolute atomic E-state index is 13.9. The molecule has 0 N–H and O–H groups in total. The van der Waals surface area contributed by atoms with E-state index in [4.69, 9.17) is 16.3 Å². The van der Waals surface area contributed by atoms with Gasteiger partial charge in [-0.25, -0.2) is 4.39 Å². The molecule has 3 rings (SSSR count). The monoisotopic (exact) mass is 362 g/mol. The van der Waals surface area contributed by atoms with Crippen molar-refractivity contribution in [2.24, 2.45) is 0 Å². The van der Waals surface area contributed by atoms with Gasteiger partial charge in [0.05, 0.1) is 10.7 Å². The second kappa shape index (κ2) is 7.74. The van der Waals surface area contributed by atoms with Crippen molar-refractivity contribution in [2.75, 3.05) is 37.7 Å². The number of benzene rings is 2. The Morgan fingerprint density at radius 2 is 1.88 bits per heavy atom. The summed E-state index contributed by atoms with van der Waals surface area (Å²) in [5, 5.41) is 0.489. The number of amides is 1. The largest absolute Gasteiger partial charge is 0.482 e. The molecule has 25 heavy (non-hydrogen) atoms. The summed E-state index contributed by atoms with van der Waals surface area (Å²) >= 11 is 6.08. The van der Waals surface area contributed by atoms with Crippen LogP contribution in [0.5, 0.6) is 5.75 Å². The lowest BCUT2D eigenvalue weighted by Crippen LogP contribution is -2.50. The first-order valence-corrected chi connectivity index (χ1v) is 8.58. The molecule has 0 spiro atoms. The van der Waals surface area contributed by atoms with Gasteiger partial charge in [-0.3, -0.25) is 4.79 Å². The second-order valence-corrected chi connectivity index (χ2v) is 6.45. The zero-order valence-electron chi connectivity index (χ0n) is 14.0. The number of anilines is 1. The Bertz CT molecular complexity index is 761. The zero-order valence-corrected chi connectivity index (χ0v) is 14.8. The summed E-state index contributed by atoms with van der Waals surface area (Å²) in [4.78, 5) is 16.0. The van der Waals surface area contributed by atoms with Crippen molar-refractivity contribution < 1.29 is 13.9 Å². The summed E-state index contributed by atoms with van der Waals surface area (Å²) in [6.07, 6.45) is 0. The van der Waals surface area contributed by atoms with E-state index in [9.17, 15) is 9.18 Å². The highest BCUT2D eigenvalue weighted by Crippen LogP contribution is 2.25. The van der Waals surface area contributed by atoms with Gasteiger partial charge in [0.2, 0.25) is 0 Å². The first-order chi connectivity index (χ1) is 12.0. The molecule has 1 fully saturated rings. The van der Waals surface area contributed by atoms with Crippen LogP contribution < -0.4 is 9.64 Å². The number of para-hydroxylation sites is 1. The SMILES string of the molecule is Cc1ccc(Cl)c(OCC(=O)N2CCN(c3ccccc3F)CC2)c1. The third-order valence-electron chi connectivity index (χ3n) is 4.26. The van der Waals surface area contributed by atoms with Crippen LogP contribution in [0, 0.1) is 12.7 Å². The molecule has 0 saturated carbocycles. The number of carbonyl (C=O) groups excluding carboxylic acids is 1. The number of halogens is 2. The summed E-state index contributed by atoms with van der Waals surface area (Å²) in [5.41, 5.74) is 1.60. The summed E-state index contributed by atoms with van der Waals surface area (Å²) in [5.74, 6) is 0.186. The lowest BCUT2D eigenvalue weighted by molar-refractivity contribution is -0.133. The standard InChI is InChI=1S/C19H20ClFN2O2/c1-14-6-7-15(20)18(12-14)25-13-19(24)23-10-8-22(9-11-23)17-5-3-2-4-16(17)21/h2-7,12H,8-11,13H2,1H3. The average Bonchev–Trinajstić information content (AvgIpc) is 2.63. The van der Waals surface area contributed by atoms with Gasteiger partial charge in [0.25, 0.3) is 5.91 Å². The van der Waals surface area contributed by atoms with Gasteiger partial charge in [0.15, 0.2) is 6.61 Å². The van der Waals surface area contributed by atoms with E-state index in [1.54, 1.807) is 23.1 Å². The molecule has 0 aromatic heterocycles. The molecule has 0 aliphatic carbocycles. The molecule has 1 aliphatic rings. The Morgan fingerprint density at radius 3 is 2.60 bits per heavy atom. The van der Waals surface area contributed by atoms with Crippen LogP contribution in [-0.4, -0.2) is 43.6 Å². The minimum Gasteiger partial charge on any atom is -0.482 e. The maximum atomic E-state index is 13.9. The number of piperazine rings is 1. The van der Waals surface area contributed by atoms with Crippen LogP contribution in [0.3, 0.4) is 0 Å². The average molecular weight is 363 g/mol. The van der Waals surface area contributed by atoms with Gasteiger partial charge in [-0.05, 0) is 36.8 Å². The molecule has 0 unspecified atom stereocenters. The topological polar surface area (TPSA) is 32.8 Å². The molecule has 1 aliphatic heterocycles. The molecule has 1 amide bonds. The van der Waals surface area contributed by atoms with Crippen LogP contribution in [-0.2, 0) is 4.79 Å². The highest BCUT2D eigenvalue weighted by Gasteiger charge is 2.23. The molecule has 1 saturated heterocycles. The van der Waals surface area contributed by atoms with Gasteiger partial charge in [0.1, 0.15) is 11.6 Å². The van der Waals surface area contributed by atoms with E-state index in [2.05, 4.69) is 0 Å². The number of hydrogen-bond donors (Lipinski definition) is 0. The van der Waals surface area contributed by atoms with E-state index in [1.165, 1.54) is 6.07 Å². The first-order valence-electron chi connectivity index (χ1n) is 8.21. The molecule has 2 aromatic carbocycles. The summed E-state index contributed by atoms with van der Waals surface area (Å²) in [6.45, 7) is 4.15. The molecule has 0 bridgehead atoms. The van der Waals surface area contributed by atoms with Crippen molar-refractivity contribution in [3.63, 3.8) is 0 Å². The van der Waals surface area contributed by atoms with Crippen LogP contribution in [0.15, 0.2) is 42.5 Å². The fourth-order valence-electron chi connectivity index (χ4n) is 2.86. The van der Waals surface area contributed by atoms with Crippen LogP contribution in [0.2, 0.25) is 5.02 Å². The summed E-state index contributed by atoms with van der Waals surface area (Å²) in [7, 11) is 0. The number of rotatable bonds is 4. The van der Waals surface area contributed by atoms with Crippen molar-refractivity contribution in [3.8, 4) is 5.75 Å². The number of aryl methyl sites for hydroxylation is 1. The Hall–Kier alpha value is -2.27. The lowest BCUT2D eigenvalue weighted by atomic mass is 10.2.